The number of nitrogens with one attached hydrogen (secondary N) is 1. The van der Waals surface area contributed by atoms with Gasteiger partial charge in [0, 0.05) is 19.3 Å². The number of amides is 1. The normalized spacial score (nSPS) is 10.8. The average Bonchev–Trinajstić information content (AvgIpc) is 2.61. The monoisotopic (exact) mass is 340 g/mol. The first kappa shape index (κ1) is 18.9. The number of benzene rings is 1. The Bertz CT molecular complexity index is 710. The fraction of sp³-hybridized carbons (Fsp3) is 0.450. The van der Waals surface area contributed by atoms with Crippen LogP contribution in [0.4, 0.5) is 11.5 Å². The molecule has 0 aliphatic rings. The Hall–Kier alpha value is -2.43. The summed E-state index contributed by atoms with van der Waals surface area (Å²) in [7, 11) is 1.80. The molecule has 0 atom stereocenters. The van der Waals surface area contributed by atoms with Crippen molar-refractivity contribution in [1.29, 1.82) is 0 Å². The van der Waals surface area contributed by atoms with E-state index in [1.807, 2.05) is 0 Å². The van der Waals surface area contributed by atoms with Gasteiger partial charge in [0.1, 0.15) is 11.5 Å². The number of para-hydroxylation sites is 1. The molecular weight excluding hydrogens is 312 g/mol. The molecule has 0 spiro atoms. The average molecular weight is 340 g/mol. The molecule has 0 aliphatic carbocycles. The molecule has 1 amide bonds. The number of hydrogen-bond donors (Lipinski definition) is 1. The van der Waals surface area contributed by atoms with Crippen LogP contribution >= 0.6 is 0 Å². The van der Waals surface area contributed by atoms with Gasteiger partial charge < -0.3 is 10.2 Å². The van der Waals surface area contributed by atoms with Gasteiger partial charge in [-0.15, -0.1) is 0 Å². The summed E-state index contributed by atoms with van der Waals surface area (Å²) in [6.45, 7) is 9.24. The molecule has 134 valence electrons. The lowest BCUT2D eigenvalue weighted by Crippen LogP contribution is -2.28. The Morgan fingerprint density at radius 1 is 1.24 bits per heavy atom. The van der Waals surface area contributed by atoms with E-state index in [4.69, 9.17) is 0 Å². The van der Waals surface area contributed by atoms with E-state index in [0.717, 1.165) is 30.6 Å². The molecule has 0 saturated carbocycles. The van der Waals surface area contributed by atoms with E-state index in [9.17, 15) is 4.79 Å². The zero-order valence-corrected chi connectivity index (χ0v) is 15.8. The lowest BCUT2D eigenvalue weighted by Gasteiger charge is -2.17. The molecule has 1 heterocycles. The van der Waals surface area contributed by atoms with Gasteiger partial charge in [-0.1, -0.05) is 45.4 Å². The van der Waals surface area contributed by atoms with E-state index in [1.165, 1.54) is 5.56 Å². The lowest BCUT2D eigenvalue weighted by molar-refractivity contribution is 0.0787. The molecule has 1 N–H and O–H groups in total. The van der Waals surface area contributed by atoms with Crippen LogP contribution in [0.2, 0.25) is 0 Å². The molecule has 0 unspecified atom stereocenters. The zero-order chi connectivity index (χ0) is 18.4. The van der Waals surface area contributed by atoms with Crippen molar-refractivity contribution in [2.45, 2.75) is 46.5 Å². The van der Waals surface area contributed by atoms with E-state index in [2.05, 4.69) is 61.2 Å². The predicted molar refractivity (Wildman–Crippen MR) is 102 cm³/mol. The molecule has 0 saturated heterocycles. The van der Waals surface area contributed by atoms with Crippen molar-refractivity contribution >= 4 is 17.4 Å². The van der Waals surface area contributed by atoms with Crippen LogP contribution in [0.1, 0.15) is 61.1 Å². The minimum absolute atomic E-state index is 0.0914. The molecule has 5 nitrogen and oxygen atoms in total. The quantitative estimate of drug-likeness (QED) is 0.805. The van der Waals surface area contributed by atoms with Crippen molar-refractivity contribution < 1.29 is 4.79 Å². The third-order valence-corrected chi connectivity index (χ3v) is 4.24. The number of carbonyl (C=O) groups excluding carboxylic acids is 1. The summed E-state index contributed by atoms with van der Waals surface area (Å²) in [6.07, 6.45) is 5.21. The second-order valence-corrected chi connectivity index (χ2v) is 6.69. The van der Waals surface area contributed by atoms with E-state index >= 15 is 0 Å². The standard InChI is InChI=1S/C20H28N4O/c1-6-7-11-24(5)20(25)17-12-22-18(13-21-17)23-19-15(4)9-8-10-16(19)14(2)3/h8-10,12-14H,6-7,11H2,1-5H3,(H,22,23). The van der Waals surface area contributed by atoms with Gasteiger partial charge in [0.2, 0.25) is 0 Å². The first-order chi connectivity index (χ1) is 11.9. The number of aryl methyl sites for hydroxylation is 1. The van der Waals surface area contributed by atoms with Crippen LogP contribution in [0.15, 0.2) is 30.6 Å². The Morgan fingerprint density at radius 3 is 2.60 bits per heavy atom. The molecule has 0 bridgehead atoms. The van der Waals surface area contributed by atoms with E-state index in [1.54, 1.807) is 24.3 Å². The third-order valence-electron chi connectivity index (χ3n) is 4.24. The SMILES string of the molecule is CCCCN(C)C(=O)c1cnc(Nc2c(C)cccc2C(C)C)cn1. The maximum atomic E-state index is 12.3. The van der Waals surface area contributed by atoms with Gasteiger partial charge in [0.05, 0.1) is 12.4 Å². The summed E-state index contributed by atoms with van der Waals surface area (Å²) < 4.78 is 0. The van der Waals surface area contributed by atoms with Gasteiger partial charge in [-0.05, 0) is 30.4 Å². The highest BCUT2D eigenvalue weighted by Crippen LogP contribution is 2.29. The van der Waals surface area contributed by atoms with Gasteiger partial charge in [-0.25, -0.2) is 9.97 Å². The van der Waals surface area contributed by atoms with Crippen LogP contribution in [0, 0.1) is 6.92 Å². The van der Waals surface area contributed by atoms with Crippen LogP contribution < -0.4 is 5.32 Å². The van der Waals surface area contributed by atoms with E-state index < -0.39 is 0 Å². The highest BCUT2D eigenvalue weighted by atomic mass is 16.2. The second-order valence-electron chi connectivity index (χ2n) is 6.69. The van der Waals surface area contributed by atoms with Crippen molar-refractivity contribution in [3.8, 4) is 0 Å². The number of carbonyl (C=O) groups is 1. The van der Waals surface area contributed by atoms with Gasteiger partial charge in [-0.2, -0.15) is 0 Å². The number of anilines is 2. The second kappa shape index (κ2) is 8.60. The lowest BCUT2D eigenvalue weighted by atomic mass is 9.98. The van der Waals surface area contributed by atoms with Crippen LogP contribution in [0.3, 0.4) is 0 Å². The summed E-state index contributed by atoms with van der Waals surface area (Å²) in [5.74, 6) is 0.957. The highest BCUT2D eigenvalue weighted by molar-refractivity contribution is 5.91. The molecule has 0 aliphatic heterocycles. The minimum Gasteiger partial charge on any atom is -0.340 e. The Kier molecular flexibility index (Phi) is 6.51. The Balaban J connectivity index is 2.15. The van der Waals surface area contributed by atoms with Gasteiger partial charge in [-0.3, -0.25) is 4.79 Å². The van der Waals surface area contributed by atoms with Crippen molar-refractivity contribution in [2.24, 2.45) is 0 Å². The molecule has 5 heteroatoms. The van der Waals surface area contributed by atoms with Crippen LogP contribution in [-0.4, -0.2) is 34.4 Å². The predicted octanol–water partition coefficient (Wildman–Crippen LogP) is 4.52. The molecule has 25 heavy (non-hydrogen) atoms. The number of aromatic nitrogens is 2. The van der Waals surface area contributed by atoms with E-state index in [-0.39, 0.29) is 5.91 Å². The molecule has 0 radical (unpaired) electrons. The Labute approximate surface area is 150 Å². The van der Waals surface area contributed by atoms with Crippen LogP contribution in [0.25, 0.3) is 0 Å². The van der Waals surface area contributed by atoms with Crippen LogP contribution in [0.5, 0.6) is 0 Å². The smallest absolute Gasteiger partial charge is 0.273 e. The number of hydrogen-bond acceptors (Lipinski definition) is 4. The Morgan fingerprint density at radius 2 is 2.00 bits per heavy atom. The maximum Gasteiger partial charge on any atom is 0.273 e. The molecular formula is C20H28N4O. The fourth-order valence-electron chi connectivity index (χ4n) is 2.67. The summed E-state index contributed by atoms with van der Waals surface area (Å²) >= 11 is 0. The largest absolute Gasteiger partial charge is 0.340 e. The first-order valence-electron chi connectivity index (χ1n) is 8.88. The van der Waals surface area contributed by atoms with Crippen molar-refractivity contribution in [3.63, 3.8) is 0 Å². The maximum absolute atomic E-state index is 12.3. The number of unbranched alkanes of at least 4 members (excludes halogenated alkanes) is 1. The molecule has 2 rings (SSSR count). The zero-order valence-electron chi connectivity index (χ0n) is 15.8. The van der Waals surface area contributed by atoms with Crippen molar-refractivity contribution in [2.75, 3.05) is 18.9 Å². The third kappa shape index (κ3) is 4.78. The van der Waals surface area contributed by atoms with E-state index in [0.29, 0.717) is 17.4 Å². The summed E-state index contributed by atoms with van der Waals surface area (Å²) in [5, 5.41) is 3.35. The van der Waals surface area contributed by atoms with Gasteiger partial charge >= 0.3 is 0 Å². The molecule has 1 aromatic carbocycles. The summed E-state index contributed by atoms with van der Waals surface area (Å²) in [5.41, 5.74) is 3.83. The van der Waals surface area contributed by atoms with Crippen LogP contribution in [-0.2, 0) is 0 Å². The fourth-order valence-corrected chi connectivity index (χ4v) is 2.67. The summed E-state index contributed by atoms with van der Waals surface area (Å²) in [6, 6.07) is 6.26. The van der Waals surface area contributed by atoms with Crippen molar-refractivity contribution in [1.82, 2.24) is 14.9 Å². The minimum atomic E-state index is -0.0914. The molecule has 0 fully saturated rings. The summed E-state index contributed by atoms with van der Waals surface area (Å²) in [4.78, 5) is 22.7. The molecule has 1 aromatic heterocycles. The van der Waals surface area contributed by atoms with Gasteiger partial charge in [0.25, 0.3) is 5.91 Å². The topological polar surface area (TPSA) is 58.1 Å². The van der Waals surface area contributed by atoms with Gasteiger partial charge in [0.15, 0.2) is 0 Å². The van der Waals surface area contributed by atoms with Crippen molar-refractivity contribution in [3.05, 3.63) is 47.4 Å². The highest BCUT2D eigenvalue weighted by Gasteiger charge is 2.14. The number of rotatable bonds is 7. The molecule has 2 aromatic rings. The first-order valence-corrected chi connectivity index (χ1v) is 8.88. The number of nitrogens with zero attached hydrogens (tertiary/aromatic N) is 3.